The molecular weight excluding hydrogens is 184 g/mol. The molecule has 0 aliphatic carbocycles. The second kappa shape index (κ2) is 4.39. The van der Waals surface area contributed by atoms with Crippen molar-refractivity contribution in [2.24, 2.45) is 0 Å². The highest BCUT2D eigenvalue weighted by atomic mass is 14.9. The summed E-state index contributed by atoms with van der Waals surface area (Å²) in [7, 11) is 0. The zero-order chi connectivity index (χ0) is 10.5. The lowest BCUT2D eigenvalue weighted by molar-refractivity contribution is 1.15. The predicted octanol–water partition coefficient (Wildman–Crippen LogP) is 2.61. The van der Waals surface area contributed by atoms with Gasteiger partial charge in [-0.05, 0) is 29.8 Å². The lowest BCUT2D eigenvalue weighted by atomic mass is 10.2. The summed E-state index contributed by atoms with van der Waals surface area (Å²) in [6, 6.07) is 9.88. The number of terminal acetylenes is 1. The first-order chi connectivity index (χ1) is 7.38. The molecule has 2 aromatic rings. The molecule has 0 spiro atoms. The quantitative estimate of drug-likeness (QED) is 0.725. The van der Waals surface area contributed by atoms with Gasteiger partial charge in [-0.25, -0.2) is 0 Å². The van der Waals surface area contributed by atoms with Gasteiger partial charge in [0.1, 0.15) is 0 Å². The van der Waals surface area contributed by atoms with Crippen molar-refractivity contribution in [3.05, 3.63) is 53.9 Å². The Balaban J connectivity index is 2.02. The van der Waals surface area contributed by atoms with Crippen molar-refractivity contribution < 1.29 is 0 Å². The molecule has 0 fully saturated rings. The number of benzene rings is 1. The Morgan fingerprint density at radius 2 is 2.27 bits per heavy atom. The molecule has 0 radical (unpaired) electrons. The van der Waals surface area contributed by atoms with E-state index in [0.29, 0.717) is 0 Å². The van der Waals surface area contributed by atoms with Crippen LogP contribution in [0.3, 0.4) is 0 Å². The number of hydrogen-bond acceptors (Lipinski definition) is 1. The van der Waals surface area contributed by atoms with Gasteiger partial charge in [-0.1, -0.05) is 12.0 Å². The minimum atomic E-state index is 0.803. The number of hydrogen-bond donors (Lipinski definition) is 2. The second-order valence-electron chi connectivity index (χ2n) is 3.30. The lowest BCUT2D eigenvalue weighted by Crippen LogP contribution is -1.97. The molecule has 0 aliphatic heterocycles. The summed E-state index contributed by atoms with van der Waals surface area (Å²) in [5.74, 6) is 2.61. The van der Waals surface area contributed by atoms with Crippen molar-refractivity contribution in [3.8, 4) is 12.3 Å². The van der Waals surface area contributed by atoms with Crippen molar-refractivity contribution in [3.63, 3.8) is 0 Å². The van der Waals surface area contributed by atoms with Gasteiger partial charge in [0.15, 0.2) is 0 Å². The molecule has 0 aliphatic rings. The first-order valence-corrected chi connectivity index (χ1v) is 4.81. The van der Waals surface area contributed by atoms with Gasteiger partial charge in [0.05, 0.1) is 0 Å². The monoisotopic (exact) mass is 196 g/mol. The SMILES string of the molecule is C#Cc1cccc(NCc2cc[nH]c2)c1. The normalized spacial score (nSPS) is 9.53. The van der Waals surface area contributed by atoms with Gasteiger partial charge in [0.2, 0.25) is 0 Å². The van der Waals surface area contributed by atoms with Crippen molar-refractivity contribution >= 4 is 5.69 Å². The molecule has 1 heterocycles. The van der Waals surface area contributed by atoms with Gasteiger partial charge < -0.3 is 10.3 Å². The Bertz CT molecular complexity index is 464. The third-order valence-corrected chi connectivity index (χ3v) is 2.19. The number of aromatic amines is 1. The second-order valence-corrected chi connectivity index (χ2v) is 3.30. The molecule has 2 N–H and O–H groups in total. The van der Waals surface area contributed by atoms with Crippen molar-refractivity contribution in [2.75, 3.05) is 5.32 Å². The van der Waals surface area contributed by atoms with Crippen LogP contribution in [0, 0.1) is 12.3 Å². The molecule has 1 aromatic heterocycles. The summed E-state index contributed by atoms with van der Waals surface area (Å²) in [6.45, 7) is 0.803. The van der Waals surface area contributed by atoms with Crippen molar-refractivity contribution in [1.82, 2.24) is 4.98 Å². The first-order valence-electron chi connectivity index (χ1n) is 4.81. The van der Waals surface area contributed by atoms with E-state index in [1.807, 2.05) is 42.7 Å². The van der Waals surface area contributed by atoms with Crippen LogP contribution >= 0.6 is 0 Å². The van der Waals surface area contributed by atoms with E-state index in [-0.39, 0.29) is 0 Å². The van der Waals surface area contributed by atoms with Gasteiger partial charge in [-0.2, -0.15) is 0 Å². The standard InChI is InChI=1S/C13H12N2/c1-2-11-4-3-5-13(8-11)15-10-12-6-7-14-9-12/h1,3-9,14-15H,10H2. The van der Waals surface area contributed by atoms with E-state index in [1.165, 1.54) is 5.56 Å². The maximum absolute atomic E-state index is 5.33. The summed E-state index contributed by atoms with van der Waals surface area (Å²) >= 11 is 0. The third-order valence-electron chi connectivity index (χ3n) is 2.19. The van der Waals surface area contributed by atoms with Crippen LogP contribution in [0.5, 0.6) is 0 Å². The molecule has 0 amide bonds. The molecule has 1 aromatic carbocycles. The lowest BCUT2D eigenvalue weighted by Gasteiger charge is -2.04. The summed E-state index contributed by atoms with van der Waals surface area (Å²) in [5, 5.41) is 3.31. The highest BCUT2D eigenvalue weighted by molar-refractivity contribution is 5.50. The van der Waals surface area contributed by atoms with E-state index in [9.17, 15) is 0 Å². The van der Waals surface area contributed by atoms with Gasteiger partial charge in [-0.15, -0.1) is 6.42 Å². The largest absolute Gasteiger partial charge is 0.381 e. The molecular formula is C13H12N2. The fourth-order valence-corrected chi connectivity index (χ4v) is 1.39. The maximum atomic E-state index is 5.33. The number of anilines is 1. The minimum absolute atomic E-state index is 0.803. The highest BCUT2D eigenvalue weighted by Crippen LogP contribution is 2.11. The zero-order valence-electron chi connectivity index (χ0n) is 8.33. The van der Waals surface area contributed by atoms with E-state index >= 15 is 0 Å². The van der Waals surface area contributed by atoms with Gasteiger partial charge in [0, 0.05) is 30.2 Å². The molecule has 0 unspecified atom stereocenters. The molecule has 0 saturated heterocycles. The number of H-pyrrole nitrogens is 1. The molecule has 0 bridgehead atoms. The summed E-state index contributed by atoms with van der Waals surface area (Å²) in [6.07, 6.45) is 9.21. The molecule has 0 atom stereocenters. The van der Waals surface area contributed by atoms with E-state index in [4.69, 9.17) is 6.42 Å². The highest BCUT2D eigenvalue weighted by Gasteiger charge is 1.94. The van der Waals surface area contributed by atoms with Crippen LogP contribution in [0.4, 0.5) is 5.69 Å². The van der Waals surface area contributed by atoms with Crippen molar-refractivity contribution in [1.29, 1.82) is 0 Å². The minimum Gasteiger partial charge on any atom is -0.381 e. The van der Waals surface area contributed by atoms with Crippen LogP contribution in [0.2, 0.25) is 0 Å². The third kappa shape index (κ3) is 2.41. The van der Waals surface area contributed by atoms with Gasteiger partial charge in [-0.3, -0.25) is 0 Å². The number of rotatable bonds is 3. The maximum Gasteiger partial charge on any atom is 0.0415 e. The summed E-state index contributed by atoms with van der Waals surface area (Å²) in [5.41, 5.74) is 3.17. The molecule has 74 valence electrons. The number of nitrogens with one attached hydrogen (secondary N) is 2. The summed E-state index contributed by atoms with van der Waals surface area (Å²) < 4.78 is 0. The fraction of sp³-hybridized carbons (Fsp3) is 0.0769. The average molecular weight is 196 g/mol. The summed E-state index contributed by atoms with van der Waals surface area (Å²) in [4.78, 5) is 3.02. The average Bonchev–Trinajstić information content (AvgIpc) is 2.79. The zero-order valence-corrected chi connectivity index (χ0v) is 8.33. The van der Waals surface area contributed by atoms with E-state index in [1.54, 1.807) is 0 Å². The van der Waals surface area contributed by atoms with E-state index in [0.717, 1.165) is 17.8 Å². The molecule has 2 rings (SSSR count). The van der Waals surface area contributed by atoms with Crippen LogP contribution in [0.1, 0.15) is 11.1 Å². The molecule has 2 nitrogen and oxygen atoms in total. The van der Waals surface area contributed by atoms with E-state index < -0.39 is 0 Å². The van der Waals surface area contributed by atoms with Crippen molar-refractivity contribution in [2.45, 2.75) is 6.54 Å². The van der Waals surface area contributed by atoms with Crippen LogP contribution < -0.4 is 5.32 Å². The topological polar surface area (TPSA) is 27.8 Å². The van der Waals surface area contributed by atoms with Crippen LogP contribution in [0.15, 0.2) is 42.7 Å². The Hall–Kier alpha value is -2.14. The molecule has 2 heteroatoms. The van der Waals surface area contributed by atoms with Gasteiger partial charge >= 0.3 is 0 Å². The Morgan fingerprint density at radius 3 is 3.00 bits per heavy atom. The predicted molar refractivity (Wildman–Crippen MR) is 62.5 cm³/mol. The Labute approximate surface area is 89.3 Å². The van der Waals surface area contributed by atoms with Crippen LogP contribution in [-0.4, -0.2) is 4.98 Å². The molecule has 15 heavy (non-hydrogen) atoms. The molecule has 0 saturated carbocycles. The Kier molecular flexibility index (Phi) is 2.75. The van der Waals surface area contributed by atoms with Crippen LogP contribution in [-0.2, 0) is 6.54 Å². The van der Waals surface area contributed by atoms with Gasteiger partial charge in [0.25, 0.3) is 0 Å². The van der Waals surface area contributed by atoms with Crippen LogP contribution in [0.25, 0.3) is 0 Å². The fourth-order valence-electron chi connectivity index (χ4n) is 1.39. The Morgan fingerprint density at radius 1 is 1.33 bits per heavy atom. The number of aromatic nitrogens is 1. The van der Waals surface area contributed by atoms with E-state index in [2.05, 4.69) is 16.2 Å². The smallest absolute Gasteiger partial charge is 0.0415 e. The first kappa shape index (κ1) is 9.42.